The molecule has 1 aliphatic rings. The second kappa shape index (κ2) is 12.3. The van der Waals surface area contributed by atoms with Crippen LogP contribution in [0.3, 0.4) is 0 Å². The molecule has 0 radical (unpaired) electrons. The third kappa shape index (κ3) is 7.67. The lowest BCUT2D eigenvalue weighted by molar-refractivity contribution is 0.232. The van der Waals surface area contributed by atoms with E-state index in [0.717, 1.165) is 44.3 Å². The molecule has 0 atom stereocenters. The molecule has 0 bridgehead atoms. The van der Waals surface area contributed by atoms with Crippen LogP contribution in [0.15, 0.2) is 45.3 Å². The molecule has 0 amide bonds. The molecule has 7 heteroatoms. The van der Waals surface area contributed by atoms with Gasteiger partial charge >= 0.3 is 0 Å². The van der Waals surface area contributed by atoms with Crippen LogP contribution in [0.25, 0.3) is 0 Å². The molecule has 5 nitrogen and oxygen atoms in total. The summed E-state index contributed by atoms with van der Waals surface area (Å²) >= 11 is 1.75. The molecule has 2 N–H and O–H groups in total. The number of thiophene rings is 1. The SMILES string of the molecule is I.c1coc(CCNC(=NCc2cccs2)NCCN2CCCCC2)c1. The van der Waals surface area contributed by atoms with Crippen molar-refractivity contribution in [1.82, 2.24) is 15.5 Å². The molecule has 0 aliphatic carbocycles. The third-order valence-corrected chi connectivity index (χ3v) is 5.25. The Bertz CT molecular complexity index is 610. The number of nitrogens with one attached hydrogen (secondary N) is 2. The summed E-state index contributed by atoms with van der Waals surface area (Å²) in [6.07, 6.45) is 6.63. The number of rotatable bonds is 8. The Morgan fingerprint density at radius 1 is 1.12 bits per heavy atom. The van der Waals surface area contributed by atoms with Crippen LogP contribution in [-0.4, -0.2) is 43.6 Å². The predicted molar refractivity (Wildman–Crippen MR) is 120 cm³/mol. The molecule has 144 valence electrons. The van der Waals surface area contributed by atoms with Crippen LogP contribution >= 0.6 is 35.3 Å². The zero-order valence-electron chi connectivity index (χ0n) is 15.2. The minimum absolute atomic E-state index is 0. The quantitative estimate of drug-likeness (QED) is 0.338. The van der Waals surface area contributed by atoms with Crippen LogP contribution in [-0.2, 0) is 13.0 Å². The summed E-state index contributed by atoms with van der Waals surface area (Å²) < 4.78 is 5.39. The summed E-state index contributed by atoms with van der Waals surface area (Å²) in [7, 11) is 0. The summed E-state index contributed by atoms with van der Waals surface area (Å²) in [6, 6.07) is 8.14. The average Bonchev–Trinajstić information content (AvgIpc) is 3.34. The van der Waals surface area contributed by atoms with Gasteiger partial charge in [-0.25, -0.2) is 4.99 Å². The summed E-state index contributed by atoms with van der Waals surface area (Å²) in [6.45, 7) is 6.00. The van der Waals surface area contributed by atoms with Crippen molar-refractivity contribution in [2.45, 2.75) is 32.2 Å². The van der Waals surface area contributed by atoms with Crippen molar-refractivity contribution in [2.24, 2.45) is 4.99 Å². The molecular formula is C19H29IN4OS. The van der Waals surface area contributed by atoms with Crippen molar-refractivity contribution < 1.29 is 4.42 Å². The largest absolute Gasteiger partial charge is 0.469 e. The van der Waals surface area contributed by atoms with Gasteiger partial charge in [0.1, 0.15) is 5.76 Å². The number of hydrogen-bond acceptors (Lipinski definition) is 4. The first kappa shape index (κ1) is 21.2. The minimum atomic E-state index is 0. The standard InChI is InChI=1S/C19H28N4OS.HI/c1-2-11-23(12-3-1)13-10-21-19(22-16-18-7-5-15-25-18)20-9-8-17-6-4-14-24-17;/h4-7,14-15H,1-3,8-13,16H2,(H2,20,21,22);1H. The van der Waals surface area contributed by atoms with Crippen LogP contribution < -0.4 is 10.6 Å². The molecule has 0 aromatic carbocycles. The number of hydrogen-bond donors (Lipinski definition) is 2. The van der Waals surface area contributed by atoms with Gasteiger partial charge in [-0.2, -0.15) is 0 Å². The number of nitrogens with zero attached hydrogens (tertiary/aromatic N) is 2. The molecule has 0 unspecified atom stereocenters. The van der Waals surface area contributed by atoms with E-state index in [4.69, 9.17) is 9.41 Å². The number of furan rings is 1. The van der Waals surface area contributed by atoms with Gasteiger partial charge in [0.2, 0.25) is 0 Å². The lowest BCUT2D eigenvalue weighted by Gasteiger charge is -2.26. The van der Waals surface area contributed by atoms with Gasteiger partial charge < -0.3 is 20.0 Å². The minimum Gasteiger partial charge on any atom is -0.469 e. The Kier molecular flexibility index (Phi) is 10.1. The normalized spacial score (nSPS) is 15.5. The van der Waals surface area contributed by atoms with Crippen molar-refractivity contribution in [3.8, 4) is 0 Å². The van der Waals surface area contributed by atoms with Crippen LogP contribution in [0.4, 0.5) is 0 Å². The van der Waals surface area contributed by atoms with Crippen molar-refractivity contribution in [2.75, 3.05) is 32.7 Å². The number of halogens is 1. The Hall–Kier alpha value is -1.06. The number of piperidine rings is 1. The van der Waals surface area contributed by atoms with Crippen LogP contribution in [0.2, 0.25) is 0 Å². The molecule has 2 aromatic heterocycles. The fourth-order valence-corrected chi connectivity index (χ4v) is 3.64. The fraction of sp³-hybridized carbons (Fsp3) is 0.526. The van der Waals surface area contributed by atoms with E-state index in [0.29, 0.717) is 0 Å². The second-order valence-corrected chi connectivity index (χ2v) is 7.36. The topological polar surface area (TPSA) is 52.8 Å². The zero-order valence-corrected chi connectivity index (χ0v) is 18.3. The first-order chi connectivity index (χ1) is 12.4. The van der Waals surface area contributed by atoms with E-state index in [-0.39, 0.29) is 24.0 Å². The molecule has 26 heavy (non-hydrogen) atoms. The summed E-state index contributed by atoms with van der Waals surface area (Å²) in [4.78, 5) is 8.54. The van der Waals surface area contributed by atoms with E-state index in [9.17, 15) is 0 Å². The Morgan fingerprint density at radius 2 is 1.96 bits per heavy atom. The Labute approximate surface area is 177 Å². The highest BCUT2D eigenvalue weighted by Crippen LogP contribution is 2.09. The predicted octanol–water partition coefficient (Wildman–Crippen LogP) is 3.72. The smallest absolute Gasteiger partial charge is 0.191 e. The van der Waals surface area contributed by atoms with Crippen LogP contribution in [0.5, 0.6) is 0 Å². The van der Waals surface area contributed by atoms with E-state index >= 15 is 0 Å². The summed E-state index contributed by atoms with van der Waals surface area (Å²) in [5.74, 6) is 1.88. The van der Waals surface area contributed by atoms with E-state index < -0.39 is 0 Å². The second-order valence-electron chi connectivity index (χ2n) is 6.33. The summed E-state index contributed by atoms with van der Waals surface area (Å²) in [5, 5.41) is 9.00. The van der Waals surface area contributed by atoms with Gasteiger partial charge in [0.15, 0.2) is 5.96 Å². The zero-order chi connectivity index (χ0) is 17.2. The monoisotopic (exact) mass is 488 g/mol. The molecule has 2 aromatic rings. The summed E-state index contributed by atoms with van der Waals surface area (Å²) in [5.41, 5.74) is 0. The highest BCUT2D eigenvalue weighted by Gasteiger charge is 2.09. The van der Waals surface area contributed by atoms with Gasteiger partial charge in [0.05, 0.1) is 12.8 Å². The Morgan fingerprint density at radius 3 is 2.69 bits per heavy atom. The Balaban J connectivity index is 0.00000243. The van der Waals surface area contributed by atoms with Gasteiger partial charge in [0.25, 0.3) is 0 Å². The number of aliphatic imine (C=N–C) groups is 1. The van der Waals surface area contributed by atoms with Gasteiger partial charge in [-0.05, 0) is 49.5 Å². The fourth-order valence-electron chi connectivity index (χ4n) is 3.01. The van der Waals surface area contributed by atoms with Crippen molar-refractivity contribution in [1.29, 1.82) is 0 Å². The average molecular weight is 488 g/mol. The molecule has 1 saturated heterocycles. The lowest BCUT2D eigenvalue weighted by Crippen LogP contribution is -2.43. The van der Waals surface area contributed by atoms with Gasteiger partial charge in [-0.3, -0.25) is 0 Å². The van der Waals surface area contributed by atoms with E-state index in [1.165, 1.54) is 37.2 Å². The number of guanidine groups is 1. The highest BCUT2D eigenvalue weighted by molar-refractivity contribution is 14.0. The van der Waals surface area contributed by atoms with Crippen LogP contribution in [0, 0.1) is 0 Å². The molecule has 1 fully saturated rings. The van der Waals surface area contributed by atoms with Gasteiger partial charge in [0, 0.05) is 30.9 Å². The van der Waals surface area contributed by atoms with Crippen molar-refractivity contribution in [3.63, 3.8) is 0 Å². The van der Waals surface area contributed by atoms with Gasteiger partial charge in [-0.1, -0.05) is 12.5 Å². The lowest BCUT2D eigenvalue weighted by atomic mass is 10.1. The van der Waals surface area contributed by atoms with Crippen molar-refractivity contribution in [3.05, 3.63) is 46.5 Å². The van der Waals surface area contributed by atoms with Gasteiger partial charge in [-0.15, -0.1) is 35.3 Å². The first-order valence-corrected chi connectivity index (χ1v) is 10.1. The molecule has 0 spiro atoms. The molecular weight excluding hydrogens is 459 g/mol. The molecule has 3 rings (SSSR count). The maximum Gasteiger partial charge on any atom is 0.191 e. The van der Waals surface area contributed by atoms with E-state index in [2.05, 4.69) is 33.0 Å². The van der Waals surface area contributed by atoms with E-state index in [1.54, 1.807) is 17.6 Å². The van der Waals surface area contributed by atoms with Crippen molar-refractivity contribution >= 4 is 41.3 Å². The third-order valence-electron chi connectivity index (χ3n) is 4.39. The van der Waals surface area contributed by atoms with Crippen LogP contribution in [0.1, 0.15) is 29.9 Å². The molecule has 0 saturated carbocycles. The highest BCUT2D eigenvalue weighted by atomic mass is 127. The van der Waals surface area contributed by atoms with E-state index in [1.807, 2.05) is 12.1 Å². The first-order valence-electron chi connectivity index (χ1n) is 9.19. The molecule has 3 heterocycles. The number of likely N-dealkylation sites (tertiary alicyclic amines) is 1. The molecule has 1 aliphatic heterocycles. The maximum absolute atomic E-state index is 5.39. The maximum atomic E-state index is 5.39.